The molecule has 0 bridgehead atoms. The summed E-state index contributed by atoms with van der Waals surface area (Å²) in [4.78, 5) is 4.54. The fraction of sp³-hybridized carbons (Fsp3) is 0.533. The third-order valence-electron chi connectivity index (χ3n) is 2.92. The summed E-state index contributed by atoms with van der Waals surface area (Å²) in [5, 5.41) is 6.42. The van der Waals surface area contributed by atoms with Crippen LogP contribution in [0.5, 0.6) is 11.5 Å². The third-order valence-corrected chi connectivity index (χ3v) is 2.92. The Labute approximate surface area is 143 Å². The van der Waals surface area contributed by atoms with Crippen molar-refractivity contribution in [2.75, 3.05) is 26.3 Å². The van der Waals surface area contributed by atoms with Gasteiger partial charge in [0.05, 0.1) is 19.8 Å². The molecule has 0 aliphatic carbocycles. The van der Waals surface area contributed by atoms with Crippen LogP contribution < -0.4 is 20.1 Å². The molecule has 0 radical (unpaired) electrons. The Morgan fingerprint density at radius 2 is 1.76 bits per heavy atom. The van der Waals surface area contributed by atoms with Crippen molar-refractivity contribution in [1.82, 2.24) is 10.6 Å². The highest BCUT2D eigenvalue weighted by atomic mass is 127. The fourth-order valence-electron chi connectivity index (χ4n) is 1.99. The third kappa shape index (κ3) is 5.61. The molecule has 5 nitrogen and oxygen atoms in total. The number of nitrogens with zero attached hydrogens (tertiary/aromatic N) is 1. The zero-order chi connectivity index (χ0) is 14.2. The molecule has 1 aromatic carbocycles. The van der Waals surface area contributed by atoms with Gasteiger partial charge in [-0.15, -0.1) is 24.0 Å². The Morgan fingerprint density at radius 1 is 1.10 bits per heavy atom. The van der Waals surface area contributed by atoms with Gasteiger partial charge in [0.25, 0.3) is 0 Å². The van der Waals surface area contributed by atoms with Crippen LogP contribution >= 0.6 is 24.0 Å². The molecule has 2 rings (SSSR count). The number of aliphatic imine (C=N–C) groups is 1. The van der Waals surface area contributed by atoms with E-state index in [1.165, 1.54) is 0 Å². The number of fused-ring (bicyclic) bond motifs is 1. The molecule has 0 aromatic heterocycles. The first kappa shape index (κ1) is 17.9. The molecule has 0 atom stereocenters. The Balaban J connectivity index is 0.00000220. The minimum atomic E-state index is 0. The van der Waals surface area contributed by atoms with Crippen molar-refractivity contribution in [1.29, 1.82) is 0 Å². The van der Waals surface area contributed by atoms with E-state index in [1.54, 1.807) is 0 Å². The molecule has 118 valence electrons. The van der Waals surface area contributed by atoms with Gasteiger partial charge in [-0.3, -0.25) is 0 Å². The van der Waals surface area contributed by atoms with Gasteiger partial charge in [-0.1, -0.05) is 6.07 Å². The lowest BCUT2D eigenvalue weighted by molar-refractivity contribution is 0.297. The average Bonchev–Trinajstić information content (AvgIpc) is 2.70. The lowest BCUT2D eigenvalue weighted by Crippen LogP contribution is -2.36. The van der Waals surface area contributed by atoms with Crippen molar-refractivity contribution in [3.05, 3.63) is 23.8 Å². The molecule has 0 saturated heterocycles. The Kier molecular flexibility index (Phi) is 8.26. The molecule has 2 N–H and O–H groups in total. The first-order valence-corrected chi connectivity index (χ1v) is 7.24. The van der Waals surface area contributed by atoms with Crippen LogP contribution in [0.15, 0.2) is 23.2 Å². The monoisotopic (exact) mass is 405 g/mol. The van der Waals surface area contributed by atoms with Crippen LogP contribution in [0.1, 0.15) is 25.8 Å². The summed E-state index contributed by atoms with van der Waals surface area (Å²) in [6.07, 6.45) is 0.924. The molecule has 1 heterocycles. The van der Waals surface area contributed by atoms with Gasteiger partial charge in [-0.05, 0) is 31.5 Å². The van der Waals surface area contributed by atoms with Crippen molar-refractivity contribution >= 4 is 29.9 Å². The van der Waals surface area contributed by atoms with E-state index in [9.17, 15) is 0 Å². The van der Waals surface area contributed by atoms with E-state index < -0.39 is 0 Å². The van der Waals surface area contributed by atoms with Crippen LogP contribution in [-0.2, 0) is 6.54 Å². The van der Waals surface area contributed by atoms with Gasteiger partial charge in [-0.25, -0.2) is 4.99 Å². The van der Waals surface area contributed by atoms with Crippen LogP contribution in [0.4, 0.5) is 0 Å². The summed E-state index contributed by atoms with van der Waals surface area (Å²) >= 11 is 0. The Bertz CT molecular complexity index is 458. The molecule has 1 aliphatic heterocycles. The predicted octanol–water partition coefficient (Wildman–Crippen LogP) is 2.54. The number of rotatable bonds is 4. The van der Waals surface area contributed by atoms with E-state index in [0.717, 1.165) is 49.1 Å². The van der Waals surface area contributed by atoms with Gasteiger partial charge in [-0.2, -0.15) is 0 Å². The van der Waals surface area contributed by atoms with Gasteiger partial charge in [0.15, 0.2) is 17.5 Å². The number of guanidine groups is 1. The highest BCUT2D eigenvalue weighted by molar-refractivity contribution is 14.0. The number of ether oxygens (including phenoxy) is 2. The maximum atomic E-state index is 5.69. The molecule has 21 heavy (non-hydrogen) atoms. The zero-order valence-electron chi connectivity index (χ0n) is 12.6. The summed E-state index contributed by atoms with van der Waals surface area (Å²) in [6, 6.07) is 6.01. The fourth-order valence-corrected chi connectivity index (χ4v) is 1.99. The van der Waals surface area contributed by atoms with E-state index in [0.29, 0.717) is 13.2 Å². The summed E-state index contributed by atoms with van der Waals surface area (Å²) < 4.78 is 11.3. The molecule has 0 amide bonds. The van der Waals surface area contributed by atoms with E-state index >= 15 is 0 Å². The minimum Gasteiger partial charge on any atom is -0.490 e. The number of benzene rings is 1. The first-order chi connectivity index (χ1) is 9.83. The lowest BCUT2D eigenvalue weighted by Gasteiger charge is -2.10. The molecular formula is C15H24IN3O2. The highest BCUT2D eigenvalue weighted by Crippen LogP contribution is 2.30. The summed E-state index contributed by atoms with van der Waals surface area (Å²) in [6.45, 7) is 7.86. The smallest absolute Gasteiger partial charge is 0.191 e. The van der Waals surface area contributed by atoms with Gasteiger partial charge >= 0.3 is 0 Å². The lowest BCUT2D eigenvalue weighted by atomic mass is 10.2. The number of hydrogen-bond donors (Lipinski definition) is 2. The van der Waals surface area contributed by atoms with Gasteiger partial charge in [0.1, 0.15) is 0 Å². The average molecular weight is 405 g/mol. The maximum absolute atomic E-state index is 5.69. The first-order valence-electron chi connectivity index (χ1n) is 7.24. The second kappa shape index (κ2) is 9.70. The molecule has 1 aromatic rings. The Morgan fingerprint density at radius 3 is 2.43 bits per heavy atom. The number of halogens is 1. The number of nitrogens with one attached hydrogen (secondary N) is 2. The Hall–Kier alpha value is -1.18. The van der Waals surface area contributed by atoms with E-state index in [2.05, 4.69) is 29.5 Å². The molecule has 0 fully saturated rings. The normalized spacial score (nSPS) is 12.7. The van der Waals surface area contributed by atoms with Crippen LogP contribution in [0.2, 0.25) is 0 Å². The molecular weight excluding hydrogens is 381 g/mol. The van der Waals surface area contributed by atoms with E-state index in [-0.39, 0.29) is 24.0 Å². The van der Waals surface area contributed by atoms with Crippen molar-refractivity contribution in [3.8, 4) is 11.5 Å². The number of hydrogen-bond acceptors (Lipinski definition) is 3. The SMILES string of the molecule is CCNC(=NCc1ccc2c(c1)OCCCO2)NCC.I. The second-order valence-electron chi connectivity index (χ2n) is 4.56. The topological polar surface area (TPSA) is 54.9 Å². The molecule has 0 spiro atoms. The highest BCUT2D eigenvalue weighted by Gasteiger charge is 2.10. The summed E-state index contributed by atoms with van der Waals surface area (Å²) in [7, 11) is 0. The molecule has 0 saturated carbocycles. The van der Waals surface area contributed by atoms with Crippen LogP contribution in [0.3, 0.4) is 0 Å². The zero-order valence-corrected chi connectivity index (χ0v) is 15.0. The second-order valence-corrected chi connectivity index (χ2v) is 4.56. The summed E-state index contributed by atoms with van der Waals surface area (Å²) in [5.74, 6) is 2.49. The van der Waals surface area contributed by atoms with Crippen molar-refractivity contribution < 1.29 is 9.47 Å². The van der Waals surface area contributed by atoms with Crippen molar-refractivity contribution in [2.45, 2.75) is 26.8 Å². The largest absolute Gasteiger partial charge is 0.490 e. The van der Waals surface area contributed by atoms with Crippen molar-refractivity contribution in [3.63, 3.8) is 0 Å². The summed E-state index contributed by atoms with van der Waals surface area (Å²) in [5.41, 5.74) is 1.11. The molecule has 0 unspecified atom stereocenters. The van der Waals surface area contributed by atoms with Crippen LogP contribution in [0.25, 0.3) is 0 Å². The van der Waals surface area contributed by atoms with Gasteiger partial charge in [0, 0.05) is 19.5 Å². The van der Waals surface area contributed by atoms with E-state index in [4.69, 9.17) is 9.47 Å². The quantitative estimate of drug-likeness (QED) is 0.459. The maximum Gasteiger partial charge on any atom is 0.191 e. The molecule has 6 heteroatoms. The minimum absolute atomic E-state index is 0. The van der Waals surface area contributed by atoms with Crippen LogP contribution in [0, 0.1) is 0 Å². The predicted molar refractivity (Wildman–Crippen MR) is 96.0 cm³/mol. The molecule has 1 aliphatic rings. The van der Waals surface area contributed by atoms with E-state index in [1.807, 2.05) is 18.2 Å². The van der Waals surface area contributed by atoms with Crippen LogP contribution in [-0.4, -0.2) is 32.3 Å². The standard InChI is InChI=1S/C15H23N3O2.HI/c1-3-16-15(17-4-2)18-11-12-6-7-13-14(10-12)20-9-5-8-19-13;/h6-7,10H,3-5,8-9,11H2,1-2H3,(H2,16,17,18);1H. The van der Waals surface area contributed by atoms with Crippen molar-refractivity contribution in [2.24, 2.45) is 4.99 Å². The van der Waals surface area contributed by atoms with Gasteiger partial charge < -0.3 is 20.1 Å². The van der Waals surface area contributed by atoms with Gasteiger partial charge in [0.2, 0.25) is 0 Å².